The van der Waals surface area contributed by atoms with Crippen molar-refractivity contribution < 1.29 is 29.7 Å². The van der Waals surface area contributed by atoms with E-state index in [0.29, 0.717) is 51.4 Å². The number of aliphatic carboxylic acids is 3. The number of nitrogens with zero attached hydrogens (tertiary/aromatic N) is 4. The van der Waals surface area contributed by atoms with Crippen LogP contribution < -0.4 is 5.32 Å². The first kappa shape index (κ1) is 34.1. The molecule has 4 N–H and O–H groups in total. The molecule has 12 nitrogen and oxygen atoms in total. The summed E-state index contributed by atoms with van der Waals surface area (Å²) >= 11 is 0. The molecular formula is C25H43N5O7. The zero-order valence-electron chi connectivity index (χ0n) is 22.6. The van der Waals surface area contributed by atoms with Crippen molar-refractivity contribution in [2.75, 3.05) is 59.4 Å². The molecule has 0 aliphatic rings. The number of nitrogens with one attached hydrogen (secondary N) is 1. The first-order chi connectivity index (χ1) is 17.6. The molecule has 0 heterocycles. The number of carboxylic acids is 3. The van der Waals surface area contributed by atoms with Crippen molar-refractivity contribution in [3.05, 3.63) is 34.7 Å². The number of rotatable bonds is 19. The van der Waals surface area contributed by atoms with Gasteiger partial charge in [-0.1, -0.05) is 32.9 Å². The van der Waals surface area contributed by atoms with Gasteiger partial charge in [0.1, 0.15) is 11.7 Å². The molecule has 0 bridgehead atoms. The maximum absolute atomic E-state index is 11.6. The number of nitroso groups, excluding NO2 is 1. The van der Waals surface area contributed by atoms with Gasteiger partial charge >= 0.3 is 17.9 Å². The Hall–Kier alpha value is -2.93. The average Bonchev–Trinajstić information content (AvgIpc) is 2.86. The second-order valence-corrected chi connectivity index (χ2v) is 8.46. The Morgan fingerprint density at radius 3 is 2.00 bits per heavy atom. The summed E-state index contributed by atoms with van der Waals surface area (Å²) in [6, 6.07) is 5.66. The molecule has 210 valence electrons. The molecule has 0 amide bonds. The lowest BCUT2D eigenvalue weighted by Crippen LogP contribution is -2.52. The van der Waals surface area contributed by atoms with E-state index in [1.165, 1.54) is 0 Å². The number of benzene rings is 1. The highest BCUT2D eigenvalue weighted by atomic mass is 16.4. The molecule has 1 aromatic carbocycles. The van der Waals surface area contributed by atoms with E-state index in [2.05, 4.69) is 10.5 Å². The minimum atomic E-state index is -0.994. The Bertz CT molecular complexity index is 822. The molecule has 2 unspecified atom stereocenters. The van der Waals surface area contributed by atoms with E-state index in [9.17, 15) is 29.5 Å². The fourth-order valence-electron chi connectivity index (χ4n) is 3.75. The lowest BCUT2D eigenvalue weighted by Gasteiger charge is -2.36. The van der Waals surface area contributed by atoms with Crippen LogP contribution in [0.15, 0.2) is 29.4 Å². The van der Waals surface area contributed by atoms with Gasteiger partial charge in [0, 0.05) is 38.8 Å². The molecule has 0 aliphatic carbocycles. The number of hydrogen-bond acceptors (Lipinski definition) is 9. The summed E-state index contributed by atoms with van der Waals surface area (Å²) in [6.07, 6.45) is 0.455. The molecule has 0 aliphatic heterocycles. The van der Waals surface area contributed by atoms with Crippen molar-refractivity contribution in [3.8, 4) is 0 Å². The monoisotopic (exact) mass is 525 g/mol. The molecule has 37 heavy (non-hydrogen) atoms. The third-order valence-electron chi connectivity index (χ3n) is 5.78. The van der Waals surface area contributed by atoms with E-state index in [-0.39, 0.29) is 19.1 Å². The summed E-state index contributed by atoms with van der Waals surface area (Å²) in [7, 11) is 1.71. The van der Waals surface area contributed by atoms with Crippen LogP contribution in [0.5, 0.6) is 0 Å². The van der Waals surface area contributed by atoms with Gasteiger partial charge in [-0.05, 0) is 49.8 Å². The Morgan fingerprint density at radius 2 is 1.51 bits per heavy atom. The van der Waals surface area contributed by atoms with Crippen LogP contribution in [-0.2, 0) is 20.8 Å². The van der Waals surface area contributed by atoms with Gasteiger partial charge in [0.15, 0.2) is 0 Å². The molecule has 1 aromatic rings. The van der Waals surface area contributed by atoms with E-state index in [1.54, 1.807) is 52.9 Å². The van der Waals surface area contributed by atoms with Crippen LogP contribution >= 0.6 is 0 Å². The first-order valence-corrected chi connectivity index (χ1v) is 12.5. The molecule has 0 saturated carbocycles. The van der Waals surface area contributed by atoms with Crippen LogP contribution in [0.1, 0.15) is 33.3 Å². The molecule has 0 spiro atoms. The Kier molecular flexibility index (Phi) is 17.7. The van der Waals surface area contributed by atoms with Crippen molar-refractivity contribution in [2.45, 2.75) is 46.2 Å². The van der Waals surface area contributed by atoms with E-state index in [1.807, 2.05) is 20.8 Å². The quantitative estimate of drug-likeness (QED) is 0.154. The zero-order valence-corrected chi connectivity index (χ0v) is 22.6. The zero-order chi connectivity index (χ0) is 28.4. The van der Waals surface area contributed by atoms with Crippen LogP contribution in [0.25, 0.3) is 0 Å². The summed E-state index contributed by atoms with van der Waals surface area (Å²) in [5.41, 5.74) is 1.17. The number of carbonyl (C=O) groups is 3. The van der Waals surface area contributed by atoms with E-state index < -0.39 is 23.9 Å². The van der Waals surface area contributed by atoms with Crippen molar-refractivity contribution in [2.24, 2.45) is 5.18 Å². The third kappa shape index (κ3) is 14.4. The Labute approximate surface area is 219 Å². The predicted molar refractivity (Wildman–Crippen MR) is 142 cm³/mol. The topological polar surface area (TPSA) is 163 Å². The molecule has 2 atom stereocenters. The molecule has 1 rings (SSSR count). The predicted octanol–water partition coefficient (Wildman–Crippen LogP) is 1.81. The van der Waals surface area contributed by atoms with Crippen LogP contribution in [0, 0.1) is 4.91 Å². The molecule has 0 aromatic heterocycles. The smallest absolute Gasteiger partial charge is 0.320 e. The van der Waals surface area contributed by atoms with Crippen LogP contribution in [0.3, 0.4) is 0 Å². The van der Waals surface area contributed by atoms with Gasteiger partial charge in [-0.15, -0.1) is 4.91 Å². The highest BCUT2D eigenvalue weighted by Crippen LogP contribution is 2.17. The fourth-order valence-corrected chi connectivity index (χ4v) is 3.75. The summed E-state index contributed by atoms with van der Waals surface area (Å²) < 4.78 is 0. The largest absolute Gasteiger partial charge is 0.480 e. The normalized spacial score (nSPS) is 12.6. The fraction of sp³-hybridized carbons (Fsp3) is 0.640. The van der Waals surface area contributed by atoms with Crippen LogP contribution in [0.4, 0.5) is 5.69 Å². The molecule has 0 saturated heterocycles. The summed E-state index contributed by atoms with van der Waals surface area (Å²) in [4.78, 5) is 50.0. The van der Waals surface area contributed by atoms with Gasteiger partial charge in [-0.2, -0.15) is 0 Å². The maximum Gasteiger partial charge on any atom is 0.320 e. The van der Waals surface area contributed by atoms with E-state index in [0.717, 1.165) is 5.56 Å². The molecular weight excluding hydrogens is 482 g/mol. The van der Waals surface area contributed by atoms with Crippen molar-refractivity contribution in [3.63, 3.8) is 0 Å². The van der Waals surface area contributed by atoms with Crippen molar-refractivity contribution in [1.29, 1.82) is 0 Å². The van der Waals surface area contributed by atoms with Crippen LogP contribution in [0.2, 0.25) is 0 Å². The highest BCUT2D eigenvalue weighted by Gasteiger charge is 2.27. The minimum absolute atomic E-state index is 0.0675. The number of carboxylic acid groups (broad SMARTS) is 3. The standard InChI is InChI=1S/C23H37N5O7.C2H6/c1-4-27(17(2)23(33)34)14-20(13-18-5-7-19(25-35)8-6-18)28(16-22(31)32)12-10-24-9-11-26(3)15-21(29)30;1-2/h5-8,17,20,24H,4,9-16H2,1-3H3,(H,29,30)(H,31,32)(H,33,34);1-2H3. The SMILES string of the molecule is CC.CCN(CC(Cc1ccc(N=O)cc1)N(CCNCCN(C)CC(=O)O)CC(=O)O)C(C)C(=O)O. The average molecular weight is 526 g/mol. The lowest BCUT2D eigenvalue weighted by atomic mass is 10.0. The summed E-state index contributed by atoms with van der Waals surface area (Å²) in [5.74, 6) is -2.86. The molecule has 0 radical (unpaired) electrons. The van der Waals surface area contributed by atoms with E-state index in [4.69, 9.17) is 5.11 Å². The van der Waals surface area contributed by atoms with Gasteiger partial charge in [0.05, 0.1) is 13.1 Å². The van der Waals surface area contributed by atoms with Crippen molar-refractivity contribution >= 4 is 23.6 Å². The highest BCUT2D eigenvalue weighted by molar-refractivity contribution is 5.73. The van der Waals surface area contributed by atoms with E-state index >= 15 is 0 Å². The van der Waals surface area contributed by atoms with Crippen LogP contribution in [-0.4, -0.2) is 119 Å². The van der Waals surface area contributed by atoms with Crippen molar-refractivity contribution in [1.82, 2.24) is 20.0 Å². The Morgan fingerprint density at radius 1 is 0.946 bits per heavy atom. The second-order valence-electron chi connectivity index (χ2n) is 8.46. The lowest BCUT2D eigenvalue weighted by molar-refractivity contribution is -0.144. The van der Waals surface area contributed by atoms with Gasteiger partial charge < -0.3 is 20.6 Å². The first-order valence-electron chi connectivity index (χ1n) is 12.5. The molecule has 12 heteroatoms. The maximum atomic E-state index is 11.6. The van der Waals surface area contributed by atoms with Gasteiger partial charge in [0.25, 0.3) is 0 Å². The minimum Gasteiger partial charge on any atom is -0.480 e. The third-order valence-corrected chi connectivity index (χ3v) is 5.78. The second kappa shape index (κ2) is 19.2. The summed E-state index contributed by atoms with van der Waals surface area (Å²) in [6.45, 7) is 9.91. The van der Waals surface area contributed by atoms with Gasteiger partial charge in [-0.25, -0.2) is 0 Å². The molecule has 0 fully saturated rings. The van der Waals surface area contributed by atoms with Gasteiger partial charge in [0.2, 0.25) is 0 Å². The van der Waals surface area contributed by atoms with Gasteiger partial charge in [-0.3, -0.25) is 29.1 Å². The summed E-state index contributed by atoms with van der Waals surface area (Å²) in [5, 5.41) is 34.0. The number of likely N-dealkylation sites (N-methyl/N-ethyl adjacent to an activating group) is 2. The number of hydrogen-bond donors (Lipinski definition) is 4. The Balaban J connectivity index is 0.00000631.